The largest absolute Gasteiger partial charge is 0.481 e. The number of nitrogens with one attached hydrogen (secondary N) is 1. The molecule has 1 rings (SSSR count). The standard InChI is InChI=1S/C11H20N2O5S/c1-11(2,19(3,17)18)7-12-10(16)13-5-4-8(6-13)9(14)15/h8H,4-7H2,1-3H3,(H,12,16)(H,14,15). The van der Waals surface area contributed by atoms with Crippen LogP contribution < -0.4 is 5.32 Å². The number of carbonyl (C=O) groups is 2. The van der Waals surface area contributed by atoms with Gasteiger partial charge < -0.3 is 15.3 Å². The first-order chi connectivity index (χ1) is 8.54. The van der Waals surface area contributed by atoms with Crippen LogP contribution in [-0.2, 0) is 14.6 Å². The fourth-order valence-corrected chi connectivity index (χ4v) is 2.01. The van der Waals surface area contributed by atoms with E-state index in [0.29, 0.717) is 13.0 Å². The number of hydrogen-bond donors (Lipinski definition) is 2. The van der Waals surface area contributed by atoms with Gasteiger partial charge >= 0.3 is 12.0 Å². The molecule has 0 aliphatic carbocycles. The van der Waals surface area contributed by atoms with Crippen molar-refractivity contribution in [1.29, 1.82) is 0 Å². The summed E-state index contributed by atoms with van der Waals surface area (Å²) in [6, 6.07) is -0.416. The zero-order chi connectivity index (χ0) is 14.8. The van der Waals surface area contributed by atoms with Crippen molar-refractivity contribution in [3.63, 3.8) is 0 Å². The van der Waals surface area contributed by atoms with Gasteiger partial charge in [0.1, 0.15) is 0 Å². The predicted octanol–water partition coefficient (Wildman–Crippen LogP) is -0.0743. The van der Waals surface area contributed by atoms with Crippen molar-refractivity contribution >= 4 is 21.8 Å². The van der Waals surface area contributed by atoms with Crippen LogP contribution in [0.15, 0.2) is 0 Å². The van der Waals surface area contributed by atoms with Gasteiger partial charge in [0.2, 0.25) is 0 Å². The molecule has 1 atom stereocenters. The summed E-state index contributed by atoms with van der Waals surface area (Å²) in [6.07, 6.45) is 1.55. The normalized spacial score (nSPS) is 20.4. The Kier molecular flexibility index (Phi) is 4.44. The van der Waals surface area contributed by atoms with Gasteiger partial charge in [-0.05, 0) is 20.3 Å². The Bertz CT molecular complexity index is 471. The SMILES string of the molecule is CC(C)(CNC(=O)N1CCC(C(=O)O)C1)S(C)(=O)=O. The van der Waals surface area contributed by atoms with Gasteiger partial charge in [-0.15, -0.1) is 0 Å². The average Bonchev–Trinajstić information content (AvgIpc) is 2.73. The monoisotopic (exact) mass is 292 g/mol. The molecule has 2 N–H and O–H groups in total. The summed E-state index contributed by atoms with van der Waals surface area (Å²) in [5.41, 5.74) is 0. The Morgan fingerprint density at radius 3 is 2.42 bits per heavy atom. The fourth-order valence-electron chi connectivity index (χ4n) is 1.68. The van der Waals surface area contributed by atoms with E-state index in [1.807, 2.05) is 0 Å². The highest BCUT2D eigenvalue weighted by molar-refractivity contribution is 7.92. The molecule has 0 aromatic heterocycles. The van der Waals surface area contributed by atoms with Gasteiger partial charge in [-0.1, -0.05) is 0 Å². The molecule has 8 heteroatoms. The lowest BCUT2D eigenvalue weighted by molar-refractivity contribution is -0.141. The zero-order valence-electron chi connectivity index (χ0n) is 11.3. The minimum absolute atomic E-state index is 0.00109. The fraction of sp³-hybridized carbons (Fsp3) is 0.818. The number of likely N-dealkylation sites (tertiary alicyclic amines) is 1. The van der Waals surface area contributed by atoms with E-state index >= 15 is 0 Å². The maximum absolute atomic E-state index is 11.8. The number of carbonyl (C=O) groups excluding carboxylic acids is 1. The summed E-state index contributed by atoms with van der Waals surface area (Å²) in [6.45, 7) is 3.61. The number of sulfone groups is 1. The summed E-state index contributed by atoms with van der Waals surface area (Å²) >= 11 is 0. The van der Waals surface area contributed by atoms with E-state index in [9.17, 15) is 18.0 Å². The van der Waals surface area contributed by atoms with E-state index in [1.54, 1.807) is 0 Å². The van der Waals surface area contributed by atoms with Crippen molar-refractivity contribution in [1.82, 2.24) is 10.2 Å². The van der Waals surface area contributed by atoms with Gasteiger partial charge in [0.25, 0.3) is 0 Å². The van der Waals surface area contributed by atoms with Crippen molar-refractivity contribution in [2.75, 3.05) is 25.9 Å². The van der Waals surface area contributed by atoms with Crippen LogP contribution in [0.3, 0.4) is 0 Å². The molecule has 110 valence electrons. The molecular formula is C11H20N2O5S. The van der Waals surface area contributed by atoms with Gasteiger partial charge in [-0.3, -0.25) is 4.79 Å². The molecule has 0 saturated carbocycles. The third-order valence-corrected chi connectivity index (χ3v) is 5.65. The first-order valence-corrected chi connectivity index (χ1v) is 7.89. The van der Waals surface area contributed by atoms with Crippen molar-refractivity contribution < 1.29 is 23.1 Å². The molecular weight excluding hydrogens is 272 g/mol. The summed E-state index contributed by atoms with van der Waals surface area (Å²) in [5, 5.41) is 11.4. The molecule has 1 unspecified atom stereocenters. The number of urea groups is 1. The van der Waals surface area contributed by atoms with Crippen molar-refractivity contribution in [3.8, 4) is 0 Å². The topological polar surface area (TPSA) is 104 Å². The number of aliphatic carboxylic acids is 1. The minimum atomic E-state index is -3.27. The second-order valence-corrected chi connectivity index (χ2v) is 8.11. The van der Waals surface area contributed by atoms with Crippen LogP contribution in [0, 0.1) is 5.92 Å². The molecule has 1 saturated heterocycles. The highest BCUT2D eigenvalue weighted by Crippen LogP contribution is 2.17. The third kappa shape index (κ3) is 3.82. The molecule has 0 aromatic carbocycles. The van der Waals surface area contributed by atoms with E-state index in [4.69, 9.17) is 5.11 Å². The molecule has 0 spiro atoms. The number of nitrogens with zero attached hydrogens (tertiary/aromatic N) is 1. The third-order valence-electron chi connectivity index (χ3n) is 3.49. The van der Waals surface area contributed by atoms with Crippen LogP contribution in [0.4, 0.5) is 4.79 Å². The number of carboxylic acid groups (broad SMARTS) is 1. The Labute approximate surface area is 112 Å². The van der Waals surface area contributed by atoms with Crippen molar-refractivity contribution in [2.24, 2.45) is 5.92 Å². The van der Waals surface area contributed by atoms with E-state index < -0.39 is 32.5 Å². The Morgan fingerprint density at radius 1 is 1.42 bits per heavy atom. The zero-order valence-corrected chi connectivity index (χ0v) is 12.2. The van der Waals surface area contributed by atoms with Gasteiger partial charge in [0.15, 0.2) is 9.84 Å². The molecule has 2 amide bonds. The lowest BCUT2D eigenvalue weighted by Gasteiger charge is -2.25. The maximum atomic E-state index is 11.8. The van der Waals surface area contributed by atoms with Gasteiger partial charge in [0.05, 0.1) is 10.7 Å². The van der Waals surface area contributed by atoms with E-state index in [1.165, 1.54) is 18.7 Å². The molecule has 0 radical (unpaired) electrons. The Hall–Kier alpha value is -1.31. The van der Waals surface area contributed by atoms with Gasteiger partial charge in [-0.2, -0.15) is 0 Å². The van der Waals surface area contributed by atoms with E-state index in [0.717, 1.165) is 6.26 Å². The Morgan fingerprint density at radius 2 is 2.00 bits per heavy atom. The van der Waals surface area contributed by atoms with Crippen LogP contribution in [0.1, 0.15) is 20.3 Å². The Balaban J connectivity index is 2.52. The quantitative estimate of drug-likeness (QED) is 0.754. The molecule has 1 fully saturated rings. The highest BCUT2D eigenvalue weighted by atomic mass is 32.2. The van der Waals surface area contributed by atoms with E-state index in [-0.39, 0.29) is 13.1 Å². The molecule has 1 heterocycles. The smallest absolute Gasteiger partial charge is 0.317 e. The number of carboxylic acids is 1. The maximum Gasteiger partial charge on any atom is 0.317 e. The van der Waals surface area contributed by atoms with Crippen LogP contribution in [-0.4, -0.2) is 61.1 Å². The second-order valence-electron chi connectivity index (χ2n) is 5.46. The number of hydrogen-bond acceptors (Lipinski definition) is 4. The molecule has 1 aliphatic heterocycles. The number of amides is 2. The molecule has 1 aliphatic rings. The summed E-state index contributed by atoms with van der Waals surface area (Å²) in [4.78, 5) is 24.0. The molecule has 0 bridgehead atoms. The summed E-state index contributed by atoms with van der Waals surface area (Å²) < 4.78 is 21.9. The molecule has 0 aromatic rings. The van der Waals surface area contributed by atoms with Crippen molar-refractivity contribution in [3.05, 3.63) is 0 Å². The lowest BCUT2D eigenvalue weighted by atomic mass is 10.1. The summed E-state index contributed by atoms with van der Waals surface area (Å²) in [7, 11) is -3.27. The van der Waals surface area contributed by atoms with Crippen LogP contribution in [0.25, 0.3) is 0 Å². The first-order valence-electron chi connectivity index (χ1n) is 6.00. The van der Waals surface area contributed by atoms with Gasteiger partial charge in [0, 0.05) is 25.9 Å². The van der Waals surface area contributed by atoms with Crippen molar-refractivity contribution in [2.45, 2.75) is 25.0 Å². The van der Waals surface area contributed by atoms with Crippen LogP contribution in [0.2, 0.25) is 0 Å². The van der Waals surface area contributed by atoms with Crippen LogP contribution in [0.5, 0.6) is 0 Å². The van der Waals surface area contributed by atoms with Gasteiger partial charge in [-0.25, -0.2) is 13.2 Å². The van der Waals surface area contributed by atoms with Crippen LogP contribution >= 0.6 is 0 Å². The second kappa shape index (κ2) is 5.36. The number of rotatable bonds is 4. The molecule has 7 nitrogen and oxygen atoms in total. The lowest BCUT2D eigenvalue weighted by Crippen LogP contribution is -2.47. The highest BCUT2D eigenvalue weighted by Gasteiger charge is 2.34. The first kappa shape index (κ1) is 15.7. The minimum Gasteiger partial charge on any atom is -0.481 e. The predicted molar refractivity (Wildman–Crippen MR) is 69.6 cm³/mol. The molecule has 19 heavy (non-hydrogen) atoms. The van der Waals surface area contributed by atoms with E-state index in [2.05, 4.69) is 5.32 Å². The average molecular weight is 292 g/mol. The summed E-state index contributed by atoms with van der Waals surface area (Å²) in [5.74, 6) is -1.44.